The van der Waals surface area contributed by atoms with E-state index in [4.69, 9.17) is 0 Å². The van der Waals surface area contributed by atoms with Crippen LogP contribution in [0.2, 0.25) is 0 Å². The summed E-state index contributed by atoms with van der Waals surface area (Å²) in [5, 5.41) is 3.17. The summed E-state index contributed by atoms with van der Waals surface area (Å²) in [5.74, 6) is 0.443. The fourth-order valence-electron chi connectivity index (χ4n) is 3.68. The highest BCUT2D eigenvalue weighted by atomic mass is 32.2. The molecule has 0 spiro atoms. The van der Waals surface area contributed by atoms with Crippen molar-refractivity contribution >= 4 is 10.2 Å². The van der Waals surface area contributed by atoms with Gasteiger partial charge in [-0.1, -0.05) is 6.42 Å². The Morgan fingerprint density at radius 3 is 2.35 bits per heavy atom. The van der Waals surface area contributed by atoms with Gasteiger partial charge in [0, 0.05) is 25.2 Å². The smallest absolute Gasteiger partial charge is 0.282 e. The first kappa shape index (κ1) is 16.2. The second kappa shape index (κ2) is 6.73. The van der Waals surface area contributed by atoms with Gasteiger partial charge in [-0.05, 0) is 59.0 Å². The van der Waals surface area contributed by atoms with E-state index >= 15 is 0 Å². The van der Waals surface area contributed by atoms with E-state index in [2.05, 4.69) is 5.32 Å². The van der Waals surface area contributed by atoms with E-state index in [0.29, 0.717) is 19.0 Å². The van der Waals surface area contributed by atoms with Gasteiger partial charge in [-0.25, -0.2) is 0 Å². The van der Waals surface area contributed by atoms with Crippen LogP contribution in [0.25, 0.3) is 0 Å². The standard InChI is InChI=1S/C14H29N3O2S/c1-12-6-4-7-13(2)17(12)20(18,19)16-9-5-8-14(11-16)10-15-3/h12-15H,4-11H2,1-3H3. The van der Waals surface area contributed by atoms with E-state index in [0.717, 1.165) is 38.6 Å². The number of hydrogen-bond acceptors (Lipinski definition) is 3. The van der Waals surface area contributed by atoms with Crippen molar-refractivity contribution in [2.45, 2.75) is 58.0 Å². The average Bonchev–Trinajstić information content (AvgIpc) is 2.39. The summed E-state index contributed by atoms with van der Waals surface area (Å²) >= 11 is 0. The van der Waals surface area contributed by atoms with Crippen LogP contribution in [-0.4, -0.2) is 55.8 Å². The molecule has 1 N–H and O–H groups in total. The van der Waals surface area contributed by atoms with Crippen LogP contribution < -0.4 is 5.32 Å². The second-order valence-electron chi connectivity index (χ2n) is 6.39. The minimum absolute atomic E-state index is 0.133. The summed E-state index contributed by atoms with van der Waals surface area (Å²) in [5.41, 5.74) is 0. The molecule has 0 saturated carbocycles. The molecule has 0 aromatic heterocycles. The maximum Gasteiger partial charge on any atom is 0.282 e. The zero-order valence-corrected chi connectivity index (χ0v) is 13.8. The summed E-state index contributed by atoms with van der Waals surface area (Å²) in [6.07, 6.45) is 5.20. The molecule has 2 saturated heterocycles. The lowest BCUT2D eigenvalue weighted by Crippen LogP contribution is -2.55. The molecule has 0 aliphatic carbocycles. The third kappa shape index (κ3) is 3.35. The largest absolute Gasteiger partial charge is 0.319 e. The molecule has 6 heteroatoms. The highest BCUT2D eigenvalue weighted by molar-refractivity contribution is 7.86. The molecule has 0 aromatic rings. The first-order chi connectivity index (χ1) is 9.46. The van der Waals surface area contributed by atoms with Gasteiger partial charge in [0.1, 0.15) is 0 Å². The van der Waals surface area contributed by atoms with Crippen LogP contribution in [0.3, 0.4) is 0 Å². The molecule has 0 amide bonds. The molecule has 3 atom stereocenters. The Labute approximate surface area is 123 Å². The second-order valence-corrected chi connectivity index (χ2v) is 8.22. The monoisotopic (exact) mass is 303 g/mol. The maximum absolute atomic E-state index is 12.9. The molecule has 3 unspecified atom stereocenters. The Morgan fingerprint density at radius 1 is 1.10 bits per heavy atom. The molecule has 0 bridgehead atoms. The predicted octanol–water partition coefficient (Wildman–Crippen LogP) is 1.43. The lowest BCUT2D eigenvalue weighted by atomic mass is 10.00. The van der Waals surface area contributed by atoms with Crippen molar-refractivity contribution in [2.75, 3.05) is 26.7 Å². The first-order valence-corrected chi connectivity index (χ1v) is 9.29. The Kier molecular flexibility index (Phi) is 5.45. The van der Waals surface area contributed by atoms with Gasteiger partial charge in [-0.15, -0.1) is 0 Å². The number of nitrogens with zero attached hydrogens (tertiary/aromatic N) is 2. The molecular weight excluding hydrogens is 274 g/mol. The molecule has 2 aliphatic heterocycles. The number of nitrogens with one attached hydrogen (secondary N) is 1. The summed E-state index contributed by atoms with van der Waals surface area (Å²) < 4.78 is 29.4. The van der Waals surface area contributed by atoms with Gasteiger partial charge in [-0.3, -0.25) is 0 Å². The molecule has 2 aliphatic rings. The van der Waals surface area contributed by atoms with Gasteiger partial charge in [0.2, 0.25) is 0 Å². The van der Waals surface area contributed by atoms with Crippen LogP contribution in [-0.2, 0) is 10.2 Å². The minimum Gasteiger partial charge on any atom is -0.319 e. The van der Waals surface area contributed by atoms with Gasteiger partial charge < -0.3 is 5.32 Å². The zero-order valence-electron chi connectivity index (χ0n) is 13.0. The molecule has 0 aromatic carbocycles. The molecule has 20 heavy (non-hydrogen) atoms. The quantitative estimate of drug-likeness (QED) is 0.855. The molecular formula is C14H29N3O2S. The summed E-state index contributed by atoms with van der Waals surface area (Å²) in [7, 11) is -1.36. The maximum atomic E-state index is 12.9. The van der Waals surface area contributed by atoms with E-state index in [9.17, 15) is 8.42 Å². The number of piperidine rings is 2. The van der Waals surface area contributed by atoms with Crippen molar-refractivity contribution in [3.8, 4) is 0 Å². The molecule has 5 nitrogen and oxygen atoms in total. The van der Waals surface area contributed by atoms with Crippen LogP contribution in [0.5, 0.6) is 0 Å². The molecule has 2 heterocycles. The van der Waals surface area contributed by atoms with Crippen molar-refractivity contribution in [3.05, 3.63) is 0 Å². The van der Waals surface area contributed by atoms with Gasteiger partial charge in [0.15, 0.2) is 0 Å². The highest BCUT2D eigenvalue weighted by Gasteiger charge is 2.39. The van der Waals surface area contributed by atoms with E-state index in [-0.39, 0.29) is 12.1 Å². The van der Waals surface area contributed by atoms with Crippen molar-refractivity contribution in [1.29, 1.82) is 0 Å². The third-order valence-electron chi connectivity index (χ3n) is 4.68. The fourth-order valence-corrected chi connectivity index (χ4v) is 5.82. The lowest BCUT2D eigenvalue weighted by molar-refractivity contribution is 0.174. The molecule has 118 valence electrons. The topological polar surface area (TPSA) is 52.7 Å². The predicted molar refractivity (Wildman–Crippen MR) is 81.8 cm³/mol. The highest BCUT2D eigenvalue weighted by Crippen LogP contribution is 2.29. The Morgan fingerprint density at radius 2 is 1.75 bits per heavy atom. The normalized spacial score (nSPS) is 34.2. The van der Waals surface area contributed by atoms with Gasteiger partial charge in [0.25, 0.3) is 10.2 Å². The van der Waals surface area contributed by atoms with Crippen molar-refractivity contribution < 1.29 is 8.42 Å². The zero-order chi connectivity index (χ0) is 14.8. The SMILES string of the molecule is CNCC1CCCN(S(=O)(=O)N2C(C)CCCC2C)C1. The van der Waals surface area contributed by atoms with Gasteiger partial charge in [-0.2, -0.15) is 17.0 Å². The van der Waals surface area contributed by atoms with Crippen LogP contribution >= 0.6 is 0 Å². The summed E-state index contributed by atoms with van der Waals surface area (Å²) in [6.45, 7) is 6.33. The van der Waals surface area contributed by atoms with Crippen LogP contribution in [0.15, 0.2) is 0 Å². The number of rotatable bonds is 4. The lowest BCUT2D eigenvalue weighted by Gasteiger charge is -2.42. The van der Waals surface area contributed by atoms with E-state index in [1.54, 1.807) is 8.61 Å². The average molecular weight is 303 g/mol. The number of hydrogen-bond donors (Lipinski definition) is 1. The van der Waals surface area contributed by atoms with Gasteiger partial charge in [0.05, 0.1) is 0 Å². The van der Waals surface area contributed by atoms with E-state index in [1.807, 2.05) is 20.9 Å². The van der Waals surface area contributed by atoms with E-state index < -0.39 is 10.2 Å². The molecule has 2 rings (SSSR count). The Hall–Kier alpha value is -0.170. The van der Waals surface area contributed by atoms with Crippen molar-refractivity contribution in [2.24, 2.45) is 5.92 Å². The fraction of sp³-hybridized carbons (Fsp3) is 1.00. The first-order valence-electron chi connectivity index (χ1n) is 7.90. The van der Waals surface area contributed by atoms with E-state index in [1.165, 1.54) is 0 Å². The van der Waals surface area contributed by atoms with Gasteiger partial charge >= 0.3 is 0 Å². The third-order valence-corrected chi connectivity index (χ3v) is 6.92. The van der Waals surface area contributed by atoms with Crippen LogP contribution in [0.1, 0.15) is 46.0 Å². The summed E-state index contributed by atoms with van der Waals surface area (Å²) in [4.78, 5) is 0. The molecule has 0 radical (unpaired) electrons. The van der Waals surface area contributed by atoms with Crippen LogP contribution in [0.4, 0.5) is 0 Å². The van der Waals surface area contributed by atoms with Crippen molar-refractivity contribution in [1.82, 2.24) is 13.9 Å². The Balaban J connectivity index is 2.12. The van der Waals surface area contributed by atoms with Crippen molar-refractivity contribution in [3.63, 3.8) is 0 Å². The summed E-state index contributed by atoms with van der Waals surface area (Å²) in [6, 6.07) is 0.266. The van der Waals surface area contributed by atoms with Crippen LogP contribution in [0, 0.1) is 5.92 Å². The minimum atomic E-state index is -3.30. The Bertz CT molecular complexity index is 401. The molecule has 2 fully saturated rings.